The van der Waals surface area contributed by atoms with Crippen molar-refractivity contribution in [3.63, 3.8) is 0 Å². The summed E-state index contributed by atoms with van der Waals surface area (Å²) >= 11 is 16.8. The summed E-state index contributed by atoms with van der Waals surface area (Å²) in [4.78, 5) is 63.5. The highest BCUT2D eigenvalue weighted by Crippen LogP contribution is 2.32. The maximum Gasteiger partial charge on any atom is 0.342 e. The Morgan fingerprint density at radius 2 is 1.23 bits per heavy atom. The van der Waals surface area contributed by atoms with Crippen molar-refractivity contribution in [1.29, 1.82) is 0 Å². The molecular weight excluding hydrogens is 1250 g/mol. The monoisotopic (exact) mass is 1290 g/mol. The molecule has 0 bridgehead atoms. The van der Waals surface area contributed by atoms with Crippen LogP contribution in [0, 0.1) is 10.1 Å². The molecule has 0 saturated carbocycles. The van der Waals surface area contributed by atoms with Gasteiger partial charge in [0.1, 0.15) is 34.3 Å². The average molecular weight is 1290 g/mol. The predicted octanol–water partition coefficient (Wildman–Crippen LogP) is 11.2. The molecular formula is C49H45Br3ClN9O14S. The zero-order valence-corrected chi connectivity index (χ0v) is 47.4. The van der Waals surface area contributed by atoms with Gasteiger partial charge in [-0.15, -0.1) is 9.32 Å². The lowest BCUT2D eigenvalue weighted by Crippen LogP contribution is -2.05. The zero-order chi connectivity index (χ0) is 56.8. The Kier molecular flexibility index (Phi) is 24.8. The number of methoxy groups -OCH3 is 6. The van der Waals surface area contributed by atoms with Crippen LogP contribution in [0.2, 0.25) is 5.28 Å². The quantitative estimate of drug-likeness (QED) is 0.00987. The first kappa shape index (κ1) is 61.9. The second-order valence-electron chi connectivity index (χ2n) is 14.4. The molecule has 2 aromatic heterocycles. The summed E-state index contributed by atoms with van der Waals surface area (Å²) < 4.78 is 36.7. The molecule has 0 amide bonds. The number of hydrogen-bond acceptors (Lipinski definition) is 22. The molecule has 2 heterocycles. The molecule has 28 heteroatoms. The van der Waals surface area contributed by atoms with Gasteiger partial charge in [0.15, 0.2) is 6.29 Å². The van der Waals surface area contributed by atoms with Crippen molar-refractivity contribution in [1.82, 2.24) is 19.9 Å². The molecule has 23 nitrogen and oxygen atoms in total. The number of nitro groups is 1. The van der Waals surface area contributed by atoms with Crippen LogP contribution in [0.3, 0.4) is 0 Å². The third-order valence-corrected chi connectivity index (χ3v) is 12.4. The number of anilines is 4. The fourth-order valence-corrected chi connectivity index (χ4v) is 8.05. The summed E-state index contributed by atoms with van der Waals surface area (Å²) in [7, 11) is 8.96. The number of carbonyl (C=O) groups excluding carboxylic acids is 2. The van der Waals surface area contributed by atoms with E-state index in [9.17, 15) is 24.5 Å². The number of carboxylic acid groups (broad SMARTS) is 1. The van der Waals surface area contributed by atoms with Gasteiger partial charge in [0.25, 0.3) is 5.69 Å². The molecule has 404 valence electrons. The van der Waals surface area contributed by atoms with Gasteiger partial charge < -0.3 is 50.3 Å². The SMILES string of the molecule is COC(=O)c1ccc(OC)cc1N.COc1cc(N)c(C=O)cc1Br.COc1cc2nc(Cl)ncc2cc1Br.COc1cc2nc(Nc3ccc(SOON)cc3)ncc2cc1Br.COc1ccc(C(=O)O)c([N+](=O)[O-])c1. The van der Waals surface area contributed by atoms with E-state index in [0.29, 0.717) is 46.2 Å². The summed E-state index contributed by atoms with van der Waals surface area (Å²) in [6, 6.07) is 26.5. The largest absolute Gasteiger partial charge is 0.497 e. The van der Waals surface area contributed by atoms with Gasteiger partial charge in [-0.25, -0.2) is 29.5 Å². The first-order valence-corrected chi connectivity index (χ1v) is 24.7. The minimum Gasteiger partial charge on any atom is -0.497 e. The number of aromatic carboxylic acids is 1. The van der Waals surface area contributed by atoms with Crippen LogP contribution in [0.25, 0.3) is 21.8 Å². The molecule has 8 rings (SSSR count). The first-order chi connectivity index (χ1) is 36.8. The molecule has 0 atom stereocenters. The fraction of sp³-hybridized carbons (Fsp3) is 0.122. The van der Waals surface area contributed by atoms with Crippen molar-refractivity contribution in [2.24, 2.45) is 5.90 Å². The van der Waals surface area contributed by atoms with Crippen LogP contribution >= 0.6 is 71.4 Å². The third-order valence-electron chi connectivity index (χ3n) is 9.74. The number of benzene rings is 6. The number of esters is 1. The number of hydrogen-bond donors (Lipinski definition) is 5. The predicted molar refractivity (Wildman–Crippen MR) is 300 cm³/mol. The van der Waals surface area contributed by atoms with Crippen molar-refractivity contribution in [2.75, 3.05) is 59.4 Å². The van der Waals surface area contributed by atoms with E-state index in [-0.39, 0.29) is 16.6 Å². The van der Waals surface area contributed by atoms with Crippen molar-refractivity contribution < 1.29 is 62.2 Å². The number of halogens is 4. The normalized spacial score (nSPS) is 10.1. The Balaban J connectivity index is 0.000000214. The lowest BCUT2D eigenvalue weighted by atomic mass is 10.2. The molecule has 8 N–H and O–H groups in total. The third kappa shape index (κ3) is 18.3. The maximum absolute atomic E-state index is 11.1. The molecule has 0 aliphatic rings. The van der Waals surface area contributed by atoms with Gasteiger partial charge in [-0.1, -0.05) is 0 Å². The Labute approximate surface area is 473 Å². The standard InChI is InChI=1S/C15H13BrN4O3S.C9H6BrClN2O.C9H11NO3.C8H8BrNO2.C8H7NO5/c1-21-14-7-13-9(6-12(14)16)8-18-15(20-13)19-10-2-4-11(5-3-10)24-23-22-17;1-14-8-3-7-5(2-6(8)10)4-12-9(11)13-7;1-12-6-3-4-7(8(10)5-6)9(11)13-2;1-12-8-3-7(10)5(4-11)2-6(8)9;1-14-5-2-3-6(8(10)11)7(4-5)9(12)13/h2-8H,17H2,1H3,(H,18,19,20);2-4H,1H3;3-5H,10H2,1-2H3;2-4H,10H2,1H3;2-4H,1H3,(H,10,11). The number of fused-ring (bicyclic) bond motifs is 2. The molecule has 0 spiro atoms. The molecule has 8 aromatic rings. The number of rotatable bonds is 14. The van der Waals surface area contributed by atoms with E-state index in [4.69, 9.17) is 57.8 Å². The number of nitro benzene ring substituents is 1. The Bertz CT molecular complexity index is 3360. The van der Waals surface area contributed by atoms with Crippen LogP contribution in [0.15, 0.2) is 128 Å². The van der Waals surface area contributed by atoms with Crippen LogP contribution in [-0.2, 0) is 14.1 Å². The van der Waals surface area contributed by atoms with Crippen LogP contribution < -0.4 is 46.4 Å². The van der Waals surface area contributed by atoms with E-state index in [0.717, 1.165) is 81.5 Å². The number of carbonyl (C=O) groups is 3. The molecule has 0 aliphatic heterocycles. The van der Waals surface area contributed by atoms with Gasteiger partial charge in [-0.05, 0) is 126 Å². The van der Waals surface area contributed by atoms with Crippen molar-refractivity contribution >= 4 is 140 Å². The number of ether oxygens (including phenoxy) is 6. The molecule has 77 heavy (non-hydrogen) atoms. The van der Waals surface area contributed by atoms with E-state index in [1.54, 1.807) is 64.1 Å². The summed E-state index contributed by atoms with van der Waals surface area (Å²) in [6.07, 6.45) is 4.14. The van der Waals surface area contributed by atoms with E-state index in [2.05, 4.69) is 87.1 Å². The summed E-state index contributed by atoms with van der Waals surface area (Å²) in [5.74, 6) is 6.45. The van der Waals surface area contributed by atoms with E-state index >= 15 is 0 Å². The minimum atomic E-state index is -1.33. The second kappa shape index (κ2) is 30.8. The Hall–Kier alpha value is -7.63. The van der Waals surface area contributed by atoms with Gasteiger partial charge in [0, 0.05) is 75.0 Å². The summed E-state index contributed by atoms with van der Waals surface area (Å²) in [5, 5.41) is 24.3. The van der Waals surface area contributed by atoms with Crippen LogP contribution in [-0.4, -0.2) is 90.8 Å². The van der Waals surface area contributed by atoms with Gasteiger partial charge in [-0.3, -0.25) is 14.9 Å². The van der Waals surface area contributed by atoms with Gasteiger partial charge in [-0.2, -0.15) is 5.90 Å². The molecule has 0 radical (unpaired) electrons. The lowest BCUT2D eigenvalue weighted by Gasteiger charge is -2.08. The first-order valence-electron chi connectivity index (χ1n) is 21.2. The van der Waals surface area contributed by atoms with Gasteiger partial charge in [0.05, 0.1) is 95.7 Å². The Morgan fingerprint density at radius 3 is 1.74 bits per heavy atom. The summed E-state index contributed by atoms with van der Waals surface area (Å²) in [6.45, 7) is 0. The van der Waals surface area contributed by atoms with Crippen molar-refractivity contribution in [3.8, 4) is 28.7 Å². The maximum atomic E-state index is 11.1. The van der Waals surface area contributed by atoms with Crippen LogP contribution in [0.1, 0.15) is 31.1 Å². The molecule has 6 aromatic carbocycles. The molecule has 0 unspecified atom stereocenters. The second-order valence-corrected chi connectivity index (χ2v) is 18.1. The number of aldehydes is 1. The van der Waals surface area contributed by atoms with E-state index in [1.807, 2.05) is 48.5 Å². The number of nitrogens with zero attached hydrogens (tertiary/aromatic N) is 5. The highest BCUT2D eigenvalue weighted by molar-refractivity contribution is 9.11. The van der Waals surface area contributed by atoms with Crippen LogP contribution in [0.5, 0.6) is 28.7 Å². The number of nitrogens with one attached hydrogen (secondary N) is 1. The van der Waals surface area contributed by atoms with E-state index < -0.39 is 22.5 Å². The number of carboxylic acids is 1. The van der Waals surface area contributed by atoms with Crippen molar-refractivity contribution in [2.45, 2.75) is 4.90 Å². The van der Waals surface area contributed by atoms with Crippen molar-refractivity contribution in [3.05, 3.63) is 155 Å². The highest BCUT2D eigenvalue weighted by atomic mass is 79.9. The van der Waals surface area contributed by atoms with Gasteiger partial charge >= 0.3 is 11.9 Å². The van der Waals surface area contributed by atoms with E-state index in [1.165, 1.54) is 27.4 Å². The topological polar surface area (TPSA) is 330 Å². The van der Waals surface area contributed by atoms with Gasteiger partial charge in [0.2, 0.25) is 11.2 Å². The average Bonchev–Trinajstić information content (AvgIpc) is 3.43. The number of aromatic nitrogens is 4. The smallest absolute Gasteiger partial charge is 0.342 e. The number of nitrogens with two attached hydrogens (primary N) is 3. The lowest BCUT2D eigenvalue weighted by molar-refractivity contribution is -0.385. The highest BCUT2D eigenvalue weighted by Gasteiger charge is 2.20. The van der Waals surface area contributed by atoms with Crippen LogP contribution in [0.4, 0.5) is 28.7 Å². The fourth-order valence-electron chi connectivity index (χ4n) is 5.97. The minimum absolute atomic E-state index is 0.238. The Morgan fingerprint density at radius 1 is 0.701 bits per heavy atom. The summed E-state index contributed by atoms with van der Waals surface area (Å²) in [5.41, 5.74) is 14.3. The zero-order valence-electron chi connectivity index (χ0n) is 41.1. The molecule has 0 saturated heterocycles. The number of nitrogen functional groups attached to an aromatic ring is 2. The molecule has 0 fully saturated rings. The molecule has 0 aliphatic carbocycles.